The Balaban J connectivity index is 2.45. The Labute approximate surface area is 103 Å². The predicted molar refractivity (Wildman–Crippen MR) is 62.4 cm³/mol. The number of amides is 2. The monoisotopic (exact) mass is 249 g/mol. The number of nitrogens with one attached hydrogen (secondary N) is 1. The second-order valence-electron chi connectivity index (χ2n) is 3.82. The number of likely N-dealkylation sites (N-methyl/N-ethyl adjacent to an activating group) is 1. The molecule has 0 fully saturated rings. The molecule has 1 aliphatic rings. The van der Waals surface area contributed by atoms with E-state index in [2.05, 4.69) is 5.32 Å². The summed E-state index contributed by atoms with van der Waals surface area (Å²) in [6.45, 7) is 0.638. The molecule has 1 N–H and O–H groups in total. The van der Waals surface area contributed by atoms with Gasteiger partial charge in [-0.05, 0) is 13.1 Å². The van der Waals surface area contributed by atoms with Gasteiger partial charge < -0.3 is 5.32 Å². The molecule has 0 aromatic heterocycles. The quantitative estimate of drug-likeness (QED) is 0.474. The van der Waals surface area contributed by atoms with E-state index in [1.54, 1.807) is 7.05 Å². The molecule has 0 atom stereocenters. The van der Waals surface area contributed by atoms with Gasteiger partial charge in [0, 0.05) is 19.2 Å². The Morgan fingerprint density at radius 3 is 2.67 bits per heavy atom. The minimum atomic E-state index is -0.647. The smallest absolute Gasteiger partial charge is 0.282 e. The van der Waals surface area contributed by atoms with Crippen LogP contribution in [0.25, 0.3) is 0 Å². The lowest BCUT2D eigenvalue weighted by Crippen LogP contribution is -2.35. The van der Waals surface area contributed by atoms with Gasteiger partial charge in [-0.3, -0.25) is 24.6 Å². The summed E-state index contributed by atoms with van der Waals surface area (Å²) in [5.41, 5.74) is -0.327. The van der Waals surface area contributed by atoms with E-state index in [0.717, 1.165) is 4.90 Å². The molecule has 94 valence electrons. The highest BCUT2D eigenvalue weighted by Gasteiger charge is 2.40. The summed E-state index contributed by atoms with van der Waals surface area (Å²) in [4.78, 5) is 35.2. The molecule has 2 rings (SSSR count). The lowest BCUT2D eigenvalue weighted by atomic mass is 10.1. The molecular formula is C11H11N3O4. The number of nitrogens with zero attached hydrogens (tertiary/aromatic N) is 2. The van der Waals surface area contributed by atoms with Gasteiger partial charge in [0.25, 0.3) is 17.5 Å². The third-order valence-corrected chi connectivity index (χ3v) is 2.76. The first-order chi connectivity index (χ1) is 8.57. The van der Waals surface area contributed by atoms with Crippen LogP contribution < -0.4 is 5.32 Å². The number of benzene rings is 1. The Bertz CT molecular complexity index is 541. The molecule has 1 aromatic rings. The first-order valence-electron chi connectivity index (χ1n) is 5.36. The third-order valence-electron chi connectivity index (χ3n) is 2.76. The van der Waals surface area contributed by atoms with E-state index < -0.39 is 16.7 Å². The maximum absolute atomic E-state index is 12.0. The molecule has 18 heavy (non-hydrogen) atoms. The fraction of sp³-hybridized carbons (Fsp3) is 0.273. The number of nitro groups is 1. The van der Waals surface area contributed by atoms with E-state index in [0.29, 0.717) is 6.54 Å². The number of carbonyl (C=O) groups is 2. The van der Waals surface area contributed by atoms with Crippen molar-refractivity contribution in [2.45, 2.75) is 0 Å². The summed E-state index contributed by atoms with van der Waals surface area (Å²) in [6.07, 6.45) is 0. The molecule has 2 amide bonds. The normalized spacial score (nSPS) is 13.9. The molecule has 1 heterocycles. The average molecular weight is 249 g/mol. The van der Waals surface area contributed by atoms with Crippen LogP contribution in [0, 0.1) is 10.1 Å². The summed E-state index contributed by atoms with van der Waals surface area (Å²) < 4.78 is 0. The van der Waals surface area contributed by atoms with E-state index in [9.17, 15) is 19.7 Å². The van der Waals surface area contributed by atoms with Crippen molar-refractivity contribution < 1.29 is 14.5 Å². The fourth-order valence-corrected chi connectivity index (χ4v) is 1.89. The minimum absolute atomic E-state index is 0.102. The SMILES string of the molecule is CNCCN1C(=O)c2cccc([N+](=O)[O-])c2C1=O. The van der Waals surface area contributed by atoms with Crippen molar-refractivity contribution >= 4 is 17.5 Å². The van der Waals surface area contributed by atoms with Crippen LogP contribution in [0.4, 0.5) is 5.69 Å². The van der Waals surface area contributed by atoms with Crippen LogP contribution >= 0.6 is 0 Å². The first kappa shape index (κ1) is 12.2. The van der Waals surface area contributed by atoms with Crippen molar-refractivity contribution in [2.24, 2.45) is 0 Å². The summed E-state index contributed by atoms with van der Waals surface area (Å²) in [5.74, 6) is -1.08. The van der Waals surface area contributed by atoms with Crippen molar-refractivity contribution in [1.29, 1.82) is 0 Å². The van der Waals surface area contributed by atoms with Crippen LogP contribution in [0.15, 0.2) is 18.2 Å². The van der Waals surface area contributed by atoms with Crippen molar-refractivity contribution in [2.75, 3.05) is 20.1 Å². The van der Waals surface area contributed by atoms with E-state index >= 15 is 0 Å². The highest BCUT2D eigenvalue weighted by Crippen LogP contribution is 2.30. The molecule has 0 spiro atoms. The summed E-state index contributed by atoms with van der Waals surface area (Å²) >= 11 is 0. The highest BCUT2D eigenvalue weighted by atomic mass is 16.6. The Morgan fingerprint density at radius 2 is 2.06 bits per heavy atom. The van der Waals surface area contributed by atoms with Crippen molar-refractivity contribution in [3.05, 3.63) is 39.4 Å². The zero-order valence-electron chi connectivity index (χ0n) is 9.67. The van der Waals surface area contributed by atoms with Crippen molar-refractivity contribution in [3.8, 4) is 0 Å². The van der Waals surface area contributed by atoms with Gasteiger partial charge >= 0.3 is 0 Å². The van der Waals surface area contributed by atoms with Crippen LogP contribution in [-0.4, -0.2) is 41.8 Å². The molecule has 0 saturated carbocycles. The van der Waals surface area contributed by atoms with Crippen molar-refractivity contribution in [3.63, 3.8) is 0 Å². The van der Waals surface area contributed by atoms with E-state index in [1.165, 1.54) is 18.2 Å². The highest BCUT2D eigenvalue weighted by molar-refractivity contribution is 6.23. The molecule has 0 aliphatic carbocycles. The van der Waals surface area contributed by atoms with Gasteiger partial charge in [0.15, 0.2) is 0 Å². The number of carbonyl (C=O) groups excluding carboxylic acids is 2. The second-order valence-corrected chi connectivity index (χ2v) is 3.82. The van der Waals surface area contributed by atoms with Gasteiger partial charge in [0.05, 0.1) is 10.5 Å². The number of hydrogen-bond acceptors (Lipinski definition) is 5. The number of imide groups is 1. The van der Waals surface area contributed by atoms with Gasteiger partial charge in [-0.15, -0.1) is 0 Å². The van der Waals surface area contributed by atoms with Gasteiger partial charge in [-0.2, -0.15) is 0 Å². The second kappa shape index (κ2) is 4.53. The molecular weight excluding hydrogens is 238 g/mol. The van der Waals surface area contributed by atoms with Crippen molar-refractivity contribution in [1.82, 2.24) is 10.2 Å². The summed E-state index contributed by atoms with van der Waals surface area (Å²) in [7, 11) is 1.70. The number of fused-ring (bicyclic) bond motifs is 1. The summed E-state index contributed by atoms with van der Waals surface area (Å²) in [5, 5.41) is 13.7. The van der Waals surface area contributed by atoms with Gasteiger partial charge in [0.2, 0.25) is 0 Å². The van der Waals surface area contributed by atoms with E-state index in [4.69, 9.17) is 0 Å². The zero-order chi connectivity index (χ0) is 13.3. The Hall–Kier alpha value is -2.28. The number of rotatable bonds is 4. The molecule has 0 radical (unpaired) electrons. The Morgan fingerprint density at radius 1 is 1.33 bits per heavy atom. The third kappa shape index (κ3) is 1.74. The maximum atomic E-state index is 12.0. The van der Waals surface area contributed by atoms with E-state index in [-0.39, 0.29) is 23.4 Å². The van der Waals surface area contributed by atoms with Gasteiger partial charge in [-0.25, -0.2) is 0 Å². The fourth-order valence-electron chi connectivity index (χ4n) is 1.89. The zero-order valence-corrected chi connectivity index (χ0v) is 9.67. The summed E-state index contributed by atoms with van der Waals surface area (Å²) in [6, 6.07) is 4.07. The molecule has 0 bridgehead atoms. The molecule has 1 aromatic carbocycles. The van der Waals surface area contributed by atoms with E-state index in [1.807, 2.05) is 0 Å². The topological polar surface area (TPSA) is 92.6 Å². The molecule has 7 heteroatoms. The standard InChI is InChI=1S/C11H11N3O4/c1-12-5-6-13-10(15)7-3-2-4-8(14(17)18)9(7)11(13)16/h2-4,12H,5-6H2,1H3. The lowest BCUT2D eigenvalue weighted by molar-refractivity contribution is -0.385. The maximum Gasteiger partial charge on any atom is 0.282 e. The molecule has 0 saturated heterocycles. The molecule has 7 nitrogen and oxygen atoms in total. The Kier molecular flexibility index (Phi) is 3.07. The van der Waals surface area contributed by atoms with Crippen LogP contribution in [0.5, 0.6) is 0 Å². The molecule has 1 aliphatic heterocycles. The van der Waals surface area contributed by atoms with Gasteiger partial charge in [-0.1, -0.05) is 6.07 Å². The number of nitro benzene ring substituents is 1. The molecule has 0 unspecified atom stereocenters. The van der Waals surface area contributed by atoms with Crippen LogP contribution in [0.3, 0.4) is 0 Å². The largest absolute Gasteiger partial charge is 0.318 e. The number of hydrogen-bond donors (Lipinski definition) is 1. The van der Waals surface area contributed by atoms with Crippen LogP contribution in [-0.2, 0) is 0 Å². The van der Waals surface area contributed by atoms with Crippen LogP contribution in [0.2, 0.25) is 0 Å². The van der Waals surface area contributed by atoms with Gasteiger partial charge in [0.1, 0.15) is 5.56 Å². The first-order valence-corrected chi connectivity index (χ1v) is 5.36. The predicted octanol–water partition coefficient (Wildman–Crippen LogP) is 0.410. The minimum Gasteiger partial charge on any atom is -0.318 e. The average Bonchev–Trinajstić information content (AvgIpc) is 2.60. The van der Waals surface area contributed by atoms with Crippen LogP contribution in [0.1, 0.15) is 20.7 Å². The lowest BCUT2D eigenvalue weighted by Gasteiger charge is -2.12.